The van der Waals surface area contributed by atoms with E-state index in [1.54, 1.807) is 24.3 Å². The monoisotopic (exact) mass is 287 g/mol. The Morgan fingerprint density at radius 1 is 1.17 bits per heavy atom. The molecule has 0 radical (unpaired) electrons. The Hall–Kier alpha value is -0.580. The molecule has 100 valence electrons. The maximum atomic E-state index is 12.0. The van der Waals surface area contributed by atoms with Crippen LogP contribution >= 0.6 is 11.6 Å². The number of nitrogens with one attached hydrogen (secondary N) is 1. The van der Waals surface area contributed by atoms with E-state index >= 15 is 0 Å². The molecule has 1 aromatic carbocycles. The van der Waals surface area contributed by atoms with Crippen molar-refractivity contribution in [2.75, 3.05) is 12.3 Å². The molecular formula is C13H18ClNO2S. The normalized spacial score (nSPS) is 17.2. The predicted molar refractivity (Wildman–Crippen MR) is 73.8 cm³/mol. The highest BCUT2D eigenvalue weighted by atomic mass is 35.5. The summed E-state index contributed by atoms with van der Waals surface area (Å²) in [6.45, 7) is 0.523. The predicted octanol–water partition coefficient (Wildman–Crippen LogP) is 2.65. The van der Waals surface area contributed by atoms with E-state index in [4.69, 9.17) is 11.6 Å². The average molecular weight is 288 g/mol. The van der Waals surface area contributed by atoms with Gasteiger partial charge in [-0.25, -0.2) is 8.42 Å². The van der Waals surface area contributed by atoms with E-state index < -0.39 is 9.84 Å². The molecule has 0 bridgehead atoms. The van der Waals surface area contributed by atoms with E-state index in [9.17, 15) is 8.42 Å². The van der Waals surface area contributed by atoms with Gasteiger partial charge in [-0.2, -0.15) is 0 Å². The van der Waals surface area contributed by atoms with Crippen molar-refractivity contribution in [3.05, 3.63) is 29.3 Å². The Labute approximate surface area is 113 Å². The second-order valence-electron chi connectivity index (χ2n) is 4.71. The first-order valence-electron chi connectivity index (χ1n) is 6.30. The highest BCUT2D eigenvalue weighted by molar-refractivity contribution is 7.91. The number of hydrogen-bond acceptors (Lipinski definition) is 3. The van der Waals surface area contributed by atoms with Crippen molar-refractivity contribution in [1.29, 1.82) is 0 Å². The summed E-state index contributed by atoms with van der Waals surface area (Å²) in [4.78, 5) is 0.347. The molecule has 0 aliphatic heterocycles. The van der Waals surface area contributed by atoms with Crippen molar-refractivity contribution in [2.24, 2.45) is 0 Å². The van der Waals surface area contributed by atoms with Crippen LogP contribution in [0.25, 0.3) is 0 Å². The first-order valence-corrected chi connectivity index (χ1v) is 8.33. The van der Waals surface area contributed by atoms with Crippen LogP contribution in [0.3, 0.4) is 0 Å². The van der Waals surface area contributed by atoms with Gasteiger partial charge in [-0.15, -0.1) is 0 Å². The Bertz CT molecular complexity index is 478. The minimum absolute atomic E-state index is 0.144. The van der Waals surface area contributed by atoms with Crippen molar-refractivity contribution >= 4 is 21.4 Å². The lowest BCUT2D eigenvalue weighted by molar-refractivity contribution is 0.536. The summed E-state index contributed by atoms with van der Waals surface area (Å²) in [5.74, 6) is 0.144. The minimum Gasteiger partial charge on any atom is -0.313 e. The minimum atomic E-state index is -3.19. The molecule has 0 amide bonds. The SMILES string of the molecule is O=S(=O)(CCNC1CCCC1)c1ccc(Cl)cc1. The Morgan fingerprint density at radius 2 is 1.78 bits per heavy atom. The highest BCUT2D eigenvalue weighted by Gasteiger charge is 2.17. The molecule has 1 aliphatic rings. The second kappa shape index (κ2) is 6.04. The van der Waals surface area contributed by atoms with Gasteiger partial charge < -0.3 is 5.32 Å². The van der Waals surface area contributed by atoms with E-state index in [0.29, 0.717) is 22.5 Å². The fourth-order valence-electron chi connectivity index (χ4n) is 2.29. The van der Waals surface area contributed by atoms with E-state index in [0.717, 1.165) is 0 Å². The topological polar surface area (TPSA) is 46.2 Å². The van der Waals surface area contributed by atoms with Crippen LogP contribution in [0.4, 0.5) is 0 Å². The van der Waals surface area contributed by atoms with Crippen molar-refractivity contribution < 1.29 is 8.42 Å². The summed E-state index contributed by atoms with van der Waals surface area (Å²) in [6.07, 6.45) is 4.84. The maximum Gasteiger partial charge on any atom is 0.179 e. The molecule has 1 fully saturated rings. The van der Waals surface area contributed by atoms with Gasteiger partial charge in [0.2, 0.25) is 0 Å². The van der Waals surface area contributed by atoms with Crippen LogP contribution in [-0.2, 0) is 9.84 Å². The van der Waals surface area contributed by atoms with Crippen LogP contribution in [-0.4, -0.2) is 26.8 Å². The lowest BCUT2D eigenvalue weighted by Gasteiger charge is -2.11. The zero-order chi connectivity index (χ0) is 13.0. The van der Waals surface area contributed by atoms with Crippen LogP contribution in [0.15, 0.2) is 29.2 Å². The highest BCUT2D eigenvalue weighted by Crippen LogP contribution is 2.18. The molecule has 1 saturated carbocycles. The Balaban J connectivity index is 1.88. The van der Waals surface area contributed by atoms with Gasteiger partial charge in [-0.3, -0.25) is 0 Å². The van der Waals surface area contributed by atoms with Crippen molar-refractivity contribution in [3.8, 4) is 0 Å². The first-order chi connectivity index (χ1) is 8.58. The van der Waals surface area contributed by atoms with E-state index in [1.807, 2.05) is 0 Å². The summed E-state index contributed by atoms with van der Waals surface area (Å²) in [7, 11) is -3.19. The molecule has 1 aromatic rings. The standard InChI is InChI=1S/C13H18ClNO2S/c14-11-5-7-13(8-6-11)18(16,17)10-9-15-12-3-1-2-4-12/h5-8,12,15H,1-4,9-10H2. The third-order valence-electron chi connectivity index (χ3n) is 3.33. The second-order valence-corrected chi connectivity index (χ2v) is 7.25. The van der Waals surface area contributed by atoms with Gasteiger partial charge in [-0.1, -0.05) is 24.4 Å². The lowest BCUT2D eigenvalue weighted by Crippen LogP contribution is -2.31. The van der Waals surface area contributed by atoms with Gasteiger partial charge in [-0.05, 0) is 37.1 Å². The molecule has 2 rings (SSSR count). The summed E-state index contributed by atoms with van der Waals surface area (Å²) in [5.41, 5.74) is 0. The Morgan fingerprint density at radius 3 is 2.39 bits per heavy atom. The zero-order valence-electron chi connectivity index (χ0n) is 10.2. The third-order valence-corrected chi connectivity index (χ3v) is 5.32. The lowest BCUT2D eigenvalue weighted by atomic mass is 10.2. The molecule has 0 unspecified atom stereocenters. The maximum absolute atomic E-state index is 12.0. The summed E-state index contributed by atoms with van der Waals surface area (Å²) >= 11 is 5.75. The number of sulfone groups is 1. The van der Waals surface area contributed by atoms with Crippen molar-refractivity contribution in [1.82, 2.24) is 5.32 Å². The average Bonchev–Trinajstić information content (AvgIpc) is 2.82. The van der Waals surface area contributed by atoms with Gasteiger partial charge in [0.15, 0.2) is 9.84 Å². The molecule has 0 saturated heterocycles. The number of halogens is 1. The number of rotatable bonds is 5. The molecule has 0 atom stereocenters. The van der Waals surface area contributed by atoms with E-state index in [1.165, 1.54) is 25.7 Å². The summed E-state index contributed by atoms with van der Waals surface area (Å²) in [5, 5.41) is 3.87. The molecule has 0 spiro atoms. The van der Waals surface area contributed by atoms with E-state index in [-0.39, 0.29) is 5.75 Å². The molecule has 0 heterocycles. The van der Waals surface area contributed by atoms with Crippen LogP contribution in [0.2, 0.25) is 5.02 Å². The smallest absolute Gasteiger partial charge is 0.179 e. The first kappa shape index (κ1) is 13.8. The fourth-order valence-corrected chi connectivity index (χ4v) is 3.59. The quantitative estimate of drug-likeness (QED) is 0.906. The molecule has 3 nitrogen and oxygen atoms in total. The van der Waals surface area contributed by atoms with Crippen LogP contribution in [0.1, 0.15) is 25.7 Å². The summed E-state index contributed by atoms with van der Waals surface area (Å²) in [6, 6.07) is 6.85. The Kier molecular flexibility index (Phi) is 4.65. The number of benzene rings is 1. The van der Waals surface area contributed by atoms with Gasteiger partial charge >= 0.3 is 0 Å². The van der Waals surface area contributed by atoms with E-state index in [2.05, 4.69) is 5.32 Å². The molecule has 1 aliphatic carbocycles. The van der Waals surface area contributed by atoms with Gasteiger partial charge in [0.05, 0.1) is 10.6 Å². The zero-order valence-corrected chi connectivity index (χ0v) is 11.8. The fraction of sp³-hybridized carbons (Fsp3) is 0.538. The van der Waals surface area contributed by atoms with Crippen molar-refractivity contribution in [3.63, 3.8) is 0 Å². The molecule has 5 heteroatoms. The molecule has 0 aromatic heterocycles. The van der Waals surface area contributed by atoms with Gasteiger partial charge in [0.25, 0.3) is 0 Å². The molecule has 18 heavy (non-hydrogen) atoms. The van der Waals surface area contributed by atoms with Crippen LogP contribution in [0, 0.1) is 0 Å². The summed E-state index contributed by atoms with van der Waals surface area (Å²) < 4.78 is 24.1. The largest absolute Gasteiger partial charge is 0.313 e. The molecular weight excluding hydrogens is 270 g/mol. The number of hydrogen-bond donors (Lipinski definition) is 1. The van der Waals surface area contributed by atoms with Crippen LogP contribution in [0.5, 0.6) is 0 Å². The van der Waals surface area contributed by atoms with Crippen molar-refractivity contribution in [2.45, 2.75) is 36.6 Å². The van der Waals surface area contributed by atoms with Gasteiger partial charge in [0, 0.05) is 17.6 Å². The van der Waals surface area contributed by atoms with Crippen LogP contribution < -0.4 is 5.32 Å². The third kappa shape index (κ3) is 3.70. The van der Waals surface area contributed by atoms with Gasteiger partial charge in [0.1, 0.15) is 0 Å². The molecule has 1 N–H and O–H groups in total.